The lowest BCUT2D eigenvalue weighted by Crippen LogP contribution is -2.47. The molecule has 39 heavy (non-hydrogen) atoms. The molecule has 0 aliphatic carbocycles. The first kappa shape index (κ1) is 26.9. The molecule has 2 heterocycles. The first-order chi connectivity index (χ1) is 18.8. The number of fused-ring (bicyclic) bond motifs is 1. The molecule has 202 valence electrons. The van der Waals surface area contributed by atoms with Crippen LogP contribution in [0.4, 0.5) is 20.6 Å². The quantitative estimate of drug-likeness (QED) is 0.362. The fourth-order valence-electron chi connectivity index (χ4n) is 5.11. The number of rotatable bonds is 6. The van der Waals surface area contributed by atoms with Gasteiger partial charge in [0.1, 0.15) is 18.5 Å². The maximum Gasteiger partial charge on any atom is 0.410 e. The Morgan fingerprint density at radius 1 is 1.13 bits per heavy atom. The minimum absolute atomic E-state index is 0.177. The minimum atomic E-state index is -0.768. The second-order valence-electron chi connectivity index (χ2n) is 9.98. The molecule has 0 spiro atoms. The molecule has 0 aromatic heterocycles. The lowest BCUT2D eigenvalue weighted by Gasteiger charge is -2.34. The van der Waals surface area contributed by atoms with E-state index in [0.29, 0.717) is 23.5 Å². The largest absolute Gasteiger partial charge is 0.445 e. The van der Waals surface area contributed by atoms with Crippen LogP contribution in [0.2, 0.25) is 0 Å². The number of carbonyl (C=O) groups excluding carboxylic acids is 2. The summed E-state index contributed by atoms with van der Waals surface area (Å²) in [5, 5.41) is 3.06. The highest BCUT2D eigenvalue weighted by Crippen LogP contribution is 2.39. The van der Waals surface area contributed by atoms with Gasteiger partial charge in [-0.25, -0.2) is 14.2 Å². The average Bonchev–Trinajstić information content (AvgIpc) is 3.39. The van der Waals surface area contributed by atoms with Gasteiger partial charge in [-0.2, -0.15) is 0 Å². The Morgan fingerprint density at radius 2 is 1.92 bits per heavy atom. The zero-order valence-electron chi connectivity index (χ0n) is 21.9. The van der Waals surface area contributed by atoms with Gasteiger partial charge in [-0.1, -0.05) is 46.3 Å². The first-order valence-corrected chi connectivity index (χ1v) is 13.7. The average molecular weight is 593 g/mol. The fourth-order valence-corrected chi connectivity index (χ4v) is 5.47. The Kier molecular flexibility index (Phi) is 7.97. The van der Waals surface area contributed by atoms with Crippen molar-refractivity contribution >= 4 is 45.6 Å². The van der Waals surface area contributed by atoms with Gasteiger partial charge in [-0.3, -0.25) is 4.79 Å². The van der Waals surface area contributed by atoms with Crippen molar-refractivity contribution in [3.05, 3.63) is 93.2 Å². The van der Waals surface area contributed by atoms with Crippen LogP contribution in [-0.2, 0) is 16.1 Å². The molecule has 5 rings (SSSR count). The number of anilines is 1. The van der Waals surface area contributed by atoms with Gasteiger partial charge in [0, 0.05) is 28.8 Å². The molecule has 1 fully saturated rings. The number of likely N-dealkylation sites (tertiary alicyclic amines) is 1. The zero-order chi connectivity index (χ0) is 27.5. The molecule has 3 aromatic carbocycles. The summed E-state index contributed by atoms with van der Waals surface area (Å²) in [7, 11) is 0. The number of aryl methyl sites for hydroxylation is 2. The van der Waals surface area contributed by atoms with Crippen molar-refractivity contribution in [2.45, 2.75) is 45.4 Å². The van der Waals surface area contributed by atoms with E-state index in [0.717, 1.165) is 34.0 Å². The van der Waals surface area contributed by atoms with Crippen LogP contribution < -0.4 is 10.2 Å². The van der Waals surface area contributed by atoms with Crippen LogP contribution in [0.15, 0.2) is 70.1 Å². The number of halogens is 2. The van der Waals surface area contributed by atoms with Gasteiger partial charge in [0.15, 0.2) is 0 Å². The van der Waals surface area contributed by atoms with Crippen LogP contribution in [0.3, 0.4) is 0 Å². The van der Waals surface area contributed by atoms with Crippen LogP contribution in [0.1, 0.15) is 41.1 Å². The minimum Gasteiger partial charge on any atom is -0.445 e. The van der Waals surface area contributed by atoms with Crippen molar-refractivity contribution in [2.24, 2.45) is 4.99 Å². The molecule has 0 bridgehead atoms. The van der Waals surface area contributed by atoms with Crippen LogP contribution in [0, 0.1) is 19.7 Å². The summed E-state index contributed by atoms with van der Waals surface area (Å²) in [6, 6.07) is 17.1. The van der Waals surface area contributed by atoms with E-state index in [1.807, 2.05) is 62.4 Å². The highest BCUT2D eigenvalue weighted by atomic mass is 79.9. The van der Waals surface area contributed by atoms with Crippen LogP contribution in [-0.4, -0.2) is 42.4 Å². The maximum absolute atomic E-state index is 14.3. The number of benzene rings is 3. The number of nitrogens with zero attached hydrogens (tertiary/aromatic N) is 3. The summed E-state index contributed by atoms with van der Waals surface area (Å²) in [4.78, 5) is 34.6. The Balaban J connectivity index is 1.33. The standard InChI is InChI=1S/C30H30BrFN4O3/c1-19-11-22(32)14-24(12-19)36-18-34-27-13-20(2)26(31)15-25(27)28(36)29(37)33-16-23-9-6-10-35(23)30(38)39-17-21-7-4-3-5-8-21/h3-5,7-8,11-15,18,23,28H,6,9-10,16-17H2,1-2H3,(H,33,37)/t23-,28?/m0/s1. The molecule has 3 aromatic rings. The molecule has 0 saturated carbocycles. The lowest BCUT2D eigenvalue weighted by atomic mass is 9.98. The topological polar surface area (TPSA) is 74.2 Å². The number of ether oxygens (including phenoxy) is 1. The van der Waals surface area contributed by atoms with E-state index < -0.39 is 6.04 Å². The maximum atomic E-state index is 14.3. The molecule has 1 N–H and O–H groups in total. The normalized spacial score (nSPS) is 18.2. The third-order valence-electron chi connectivity index (χ3n) is 7.10. The lowest BCUT2D eigenvalue weighted by molar-refractivity contribution is -0.122. The molecule has 2 atom stereocenters. The number of aliphatic imine (C=N–C) groups is 1. The predicted molar refractivity (Wildman–Crippen MR) is 153 cm³/mol. The molecule has 1 saturated heterocycles. The summed E-state index contributed by atoms with van der Waals surface area (Å²) in [6.45, 7) is 4.83. The first-order valence-electron chi connectivity index (χ1n) is 12.9. The van der Waals surface area contributed by atoms with E-state index in [-0.39, 0.29) is 37.0 Å². The SMILES string of the molecule is Cc1cc(F)cc(N2C=Nc3cc(C)c(Br)cc3C2C(=O)NC[C@@H]2CCCN2C(=O)OCc2ccccc2)c1. The zero-order valence-corrected chi connectivity index (χ0v) is 23.4. The molecular weight excluding hydrogens is 563 g/mol. The molecule has 0 radical (unpaired) electrons. The van der Waals surface area contributed by atoms with E-state index in [2.05, 4.69) is 26.2 Å². The Labute approximate surface area is 235 Å². The van der Waals surface area contributed by atoms with Gasteiger partial charge >= 0.3 is 6.09 Å². The van der Waals surface area contributed by atoms with Crippen LogP contribution >= 0.6 is 15.9 Å². The van der Waals surface area contributed by atoms with Crippen LogP contribution in [0.25, 0.3) is 0 Å². The van der Waals surface area contributed by atoms with E-state index in [1.54, 1.807) is 16.1 Å². The van der Waals surface area contributed by atoms with Gasteiger partial charge in [-0.15, -0.1) is 0 Å². The summed E-state index contributed by atoms with van der Waals surface area (Å²) >= 11 is 3.58. The number of amides is 2. The van der Waals surface area contributed by atoms with E-state index in [9.17, 15) is 14.0 Å². The highest BCUT2D eigenvalue weighted by molar-refractivity contribution is 9.10. The van der Waals surface area contributed by atoms with Gasteiger partial charge in [0.2, 0.25) is 5.91 Å². The second kappa shape index (κ2) is 11.6. The molecule has 2 aliphatic heterocycles. The predicted octanol–water partition coefficient (Wildman–Crippen LogP) is 6.34. The molecule has 2 aliphatic rings. The van der Waals surface area contributed by atoms with Gasteiger partial charge in [0.05, 0.1) is 18.1 Å². The molecule has 1 unspecified atom stereocenters. The molecular formula is C30H30BrFN4O3. The Hall–Kier alpha value is -3.72. The van der Waals surface area contributed by atoms with Crippen molar-refractivity contribution in [1.82, 2.24) is 10.2 Å². The second-order valence-corrected chi connectivity index (χ2v) is 10.8. The van der Waals surface area contributed by atoms with E-state index in [4.69, 9.17) is 4.74 Å². The number of carbonyl (C=O) groups is 2. The van der Waals surface area contributed by atoms with Crippen molar-refractivity contribution in [2.75, 3.05) is 18.0 Å². The van der Waals surface area contributed by atoms with Gasteiger partial charge in [-0.05, 0) is 73.7 Å². The molecule has 7 nitrogen and oxygen atoms in total. The molecule has 2 amide bonds. The summed E-state index contributed by atoms with van der Waals surface area (Å²) in [5.41, 5.74) is 4.58. The number of hydrogen-bond acceptors (Lipinski definition) is 5. The summed E-state index contributed by atoms with van der Waals surface area (Å²) < 4.78 is 20.7. The van der Waals surface area contributed by atoms with Crippen molar-refractivity contribution in [3.8, 4) is 0 Å². The van der Waals surface area contributed by atoms with Crippen molar-refractivity contribution < 1.29 is 18.7 Å². The van der Waals surface area contributed by atoms with Gasteiger partial charge < -0.3 is 19.9 Å². The van der Waals surface area contributed by atoms with E-state index >= 15 is 0 Å². The third kappa shape index (κ3) is 5.98. The fraction of sp³-hybridized carbons (Fsp3) is 0.300. The monoisotopic (exact) mass is 592 g/mol. The van der Waals surface area contributed by atoms with Crippen molar-refractivity contribution in [3.63, 3.8) is 0 Å². The number of hydrogen-bond donors (Lipinski definition) is 1. The van der Waals surface area contributed by atoms with Crippen LogP contribution in [0.5, 0.6) is 0 Å². The molecule has 9 heteroatoms. The summed E-state index contributed by atoms with van der Waals surface area (Å²) in [6.07, 6.45) is 2.79. The Morgan fingerprint density at radius 3 is 2.69 bits per heavy atom. The Bertz CT molecular complexity index is 1390. The number of nitrogens with one attached hydrogen (secondary N) is 1. The third-order valence-corrected chi connectivity index (χ3v) is 7.96. The highest BCUT2D eigenvalue weighted by Gasteiger charge is 2.35. The van der Waals surface area contributed by atoms with Gasteiger partial charge in [0.25, 0.3) is 0 Å². The smallest absolute Gasteiger partial charge is 0.410 e. The summed E-state index contributed by atoms with van der Waals surface area (Å²) in [5.74, 6) is -0.645. The van der Waals surface area contributed by atoms with Crippen molar-refractivity contribution in [1.29, 1.82) is 0 Å². The van der Waals surface area contributed by atoms with E-state index in [1.165, 1.54) is 12.1 Å².